The number of carbonyl (C=O) groups excluding carboxylic acids is 2. The molecule has 7 heteroatoms. The van der Waals surface area contributed by atoms with Gasteiger partial charge in [0.25, 0.3) is 0 Å². The van der Waals surface area contributed by atoms with Crippen molar-refractivity contribution in [2.24, 2.45) is 23.5 Å². The molecule has 3 aliphatic rings. The summed E-state index contributed by atoms with van der Waals surface area (Å²) in [5.41, 5.74) is 8.12. The number of aryl methyl sites for hydroxylation is 1. The number of benzene rings is 1. The fraction of sp³-hybridized carbons (Fsp3) is 0.619. The molecule has 2 saturated heterocycles. The lowest BCUT2D eigenvalue weighted by Gasteiger charge is -2.34. The summed E-state index contributed by atoms with van der Waals surface area (Å²) in [4.78, 5) is 29.5. The number of hydrogen-bond donors (Lipinski definition) is 2. The standard InChI is InChI=1S/C21H30N4O2.ClH/c1-14-4-2-6-17(10-14)23-21(27)24-9-3-5-16(12-24)20(26)25-11-15-7-8-19(22)18(15)13-25;/h2,4,6,10,15-16,18-19H,3,5,7-9,11-13,22H2,1H3,(H,23,27);1H. The van der Waals surface area contributed by atoms with Gasteiger partial charge in [0.1, 0.15) is 0 Å². The summed E-state index contributed by atoms with van der Waals surface area (Å²) in [7, 11) is 0. The normalized spacial score (nSPS) is 29.2. The number of halogens is 1. The molecule has 0 aromatic heterocycles. The molecule has 1 saturated carbocycles. The summed E-state index contributed by atoms with van der Waals surface area (Å²) in [6, 6.07) is 7.92. The fourth-order valence-electron chi connectivity index (χ4n) is 5.03. The van der Waals surface area contributed by atoms with Crippen LogP contribution < -0.4 is 11.1 Å². The second-order valence-electron chi connectivity index (χ2n) is 8.49. The molecule has 3 fully saturated rings. The average Bonchev–Trinajstić information content (AvgIpc) is 3.23. The number of nitrogens with one attached hydrogen (secondary N) is 1. The zero-order valence-corrected chi connectivity index (χ0v) is 17.3. The molecule has 4 unspecified atom stereocenters. The maximum absolute atomic E-state index is 13.0. The minimum atomic E-state index is -0.113. The number of piperidine rings is 1. The summed E-state index contributed by atoms with van der Waals surface area (Å²) in [6.45, 7) is 4.87. The van der Waals surface area contributed by atoms with Crippen LogP contribution in [0.2, 0.25) is 0 Å². The van der Waals surface area contributed by atoms with Crippen molar-refractivity contribution in [3.05, 3.63) is 29.8 Å². The minimum absolute atomic E-state index is 0. The first-order valence-electron chi connectivity index (χ1n) is 10.2. The minimum Gasteiger partial charge on any atom is -0.342 e. The summed E-state index contributed by atoms with van der Waals surface area (Å²) in [6.07, 6.45) is 3.97. The Balaban J connectivity index is 0.00000225. The molecule has 0 bridgehead atoms. The zero-order valence-electron chi connectivity index (χ0n) is 16.5. The SMILES string of the molecule is Cc1cccc(NC(=O)N2CCCC(C(=O)N3CC4CCC(N)C4C3)C2)c1.Cl. The van der Waals surface area contributed by atoms with E-state index in [1.807, 2.05) is 36.1 Å². The Morgan fingerprint density at radius 3 is 2.68 bits per heavy atom. The molecular weight excluding hydrogens is 376 g/mol. The van der Waals surface area contributed by atoms with Crippen molar-refractivity contribution in [1.82, 2.24) is 9.80 Å². The summed E-state index contributed by atoms with van der Waals surface area (Å²) >= 11 is 0. The zero-order chi connectivity index (χ0) is 19.0. The van der Waals surface area contributed by atoms with E-state index in [0.717, 1.165) is 50.0 Å². The number of nitrogens with two attached hydrogens (primary N) is 1. The summed E-state index contributed by atoms with van der Waals surface area (Å²) < 4.78 is 0. The molecule has 1 aliphatic carbocycles. The van der Waals surface area contributed by atoms with E-state index in [4.69, 9.17) is 5.73 Å². The smallest absolute Gasteiger partial charge is 0.321 e. The van der Waals surface area contributed by atoms with E-state index in [2.05, 4.69) is 5.32 Å². The molecule has 4 rings (SSSR count). The van der Waals surface area contributed by atoms with Crippen LogP contribution in [0.4, 0.5) is 10.5 Å². The third-order valence-electron chi connectivity index (χ3n) is 6.55. The van der Waals surface area contributed by atoms with Crippen LogP contribution in [0.1, 0.15) is 31.2 Å². The molecule has 0 spiro atoms. The highest BCUT2D eigenvalue weighted by molar-refractivity contribution is 5.90. The van der Waals surface area contributed by atoms with Gasteiger partial charge in [0.15, 0.2) is 0 Å². The predicted molar refractivity (Wildman–Crippen MR) is 113 cm³/mol. The molecule has 3 amide bonds. The second-order valence-corrected chi connectivity index (χ2v) is 8.49. The van der Waals surface area contributed by atoms with Crippen LogP contribution in [0, 0.1) is 24.7 Å². The third-order valence-corrected chi connectivity index (χ3v) is 6.55. The lowest BCUT2D eigenvalue weighted by molar-refractivity contribution is -0.136. The van der Waals surface area contributed by atoms with Gasteiger partial charge in [-0.15, -0.1) is 12.4 Å². The molecule has 2 aliphatic heterocycles. The van der Waals surface area contributed by atoms with Gasteiger partial charge in [-0.3, -0.25) is 4.79 Å². The number of hydrogen-bond acceptors (Lipinski definition) is 3. The van der Waals surface area contributed by atoms with Crippen molar-refractivity contribution in [2.45, 2.75) is 38.6 Å². The molecule has 154 valence electrons. The molecule has 0 radical (unpaired) electrons. The molecule has 4 atom stereocenters. The molecule has 2 heterocycles. The van der Waals surface area contributed by atoms with Gasteiger partial charge in [0, 0.05) is 37.9 Å². The maximum Gasteiger partial charge on any atom is 0.321 e. The van der Waals surface area contributed by atoms with Crippen molar-refractivity contribution >= 4 is 30.0 Å². The Hall–Kier alpha value is -1.79. The third kappa shape index (κ3) is 4.28. The van der Waals surface area contributed by atoms with E-state index < -0.39 is 0 Å². The first-order valence-corrected chi connectivity index (χ1v) is 10.2. The number of amides is 3. The van der Waals surface area contributed by atoms with Gasteiger partial charge in [-0.2, -0.15) is 0 Å². The number of carbonyl (C=O) groups is 2. The quantitative estimate of drug-likeness (QED) is 0.792. The van der Waals surface area contributed by atoms with Gasteiger partial charge in [-0.1, -0.05) is 12.1 Å². The van der Waals surface area contributed by atoms with E-state index in [-0.39, 0.29) is 36.3 Å². The second kappa shape index (κ2) is 8.70. The average molecular weight is 407 g/mol. The predicted octanol–water partition coefficient (Wildman–Crippen LogP) is 2.86. The van der Waals surface area contributed by atoms with Crippen LogP contribution in [0.3, 0.4) is 0 Å². The monoisotopic (exact) mass is 406 g/mol. The summed E-state index contributed by atoms with van der Waals surface area (Å²) in [5.74, 6) is 1.17. The van der Waals surface area contributed by atoms with E-state index in [9.17, 15) is 9.59 Å². The van der Waals surface area contributed by atoms with Gasteiger partial charge < -0.3 is 20.9 Å². The Labute approximate surface area is 173 Å². The molecule has 3 N–H and O–H groups in total. The first-order chi connectivity index (χ1) is 13.0. The maximum atomic E-state index is 13.0. The Kier molecular flexibility index (Phi) is 6.50. The van der Waals surface area contributed by atoms with Gasteiger partial charge in [-0.25, -0.2) is 4.79 Å². The molecule has 1 aromatic carbocycles. The highest BCUT2D eigenvalue weighted by Gasteiger charge is 2.44. The van der Waals surface area contributed by atoms with Gasteiger partial charge in [0.05, 0.1) is 5.92 Å². The number of rotatable bonds is 2. The van der Waals surface area contributed by atoms with Crippen LogP contribution in [-0.4, -0.2) is 54.0 Å². The summed E-state index contributed by atoms with van der Waals surface area (Å²) in [5, 5.41) is 2.97. The fourth-order valence-corrected chi connectivity index (χ4v) is 5.03. The number of anilines is 1. The van der Waals surface area contributed by atoms with Crippen molar-refractivity contribution in [3.8, 4) is 0 Å². The van der Waals surface area contributed by atoms with Crippen LogP contribution in [0.25, 0.3) is 0 Å². The molecule has 28 heavy (non-hydrogen) atoms. The Bertz CT molecular complexity index is 728. The van der Waals surface area contributed by atoms with Gasteiger partial charge in [0.2, 0.25) is 5.91 Å². The Morgan fingerprint density at radius 1 is 1.11 bits per heavy atom. The van der Waals surface area contributed by atoms with Crippen LogP contribution in [0.5, 0.6) is 0 Å². The van der Waals surface area contributed by atoms with Crippen molar-refractivity contribution in [3.63, 3.8) is 0 Å². The molecule has 6 nitrogen and oxygen atoms in total. The lowest BCUT2D eigenvalue weighted by atomic mass is 9.96. The van der Waals surface area contributed by atoms with E-state index in [0.29, 0.717) is 24.9 Å². The van der Waals surface area contributed by atoms with Crippen molar-refractivity contribution in [2.75, 3.05) is 31.5 Å². The van der Waals surface area contributed by atoms with Crippen molar-refractivity contribution < 1.29 is 9.59 Å². The number of urea groups is 1. The van der Waals surface area contributed by atoms with E-state index in [1.165, 1.54) is 0 Å². The Morgan fingerprint density at radius 2 is 1.93 bits per heavy atom. The van der Waals surface area contributed by atoms with Crippen LogP contribution in [-0.2, 0) is 4.79 Å². The highest BCUT2D eigenvalue weighted by Crippen LogP contribution is 2.38. The van der Waals surface area contributed by atoms with Crippen molar-refractivity contribution in [1.29, 1.82) is 0 Å². The largest absolute Gasteiger partial charge is 0.342 e. The van der Waals surface area contributed by atoms with E-state index in [1.54, 1.807) is 4.90 Å². The van der Waals surface area contributed by atoms with Gasteiger partial charge >= 0.3 is 6.03 Å². The number of likely N-dealkylation sites (tertiary alicyclic amines) is 2. The lowest BCUT2D eigenvalue weighted by Crippen LogP contribution is -2.48. The van der Waals surface area contributed by atoms with Crippen LogP contribution in [0.15, 0.2) is 24.3 Å². The van der Waals surface area contributed by atoms with Crippen LogP contribution >= 0.6 is 12.4 Å². The topological polar surface area (TPSA) is 78.7 Å². The highest BCUT2D eigenvalue weighted by atomic mass is 35.5. The number of fused-ring (bicyclic) bond motifs is 1. The first kappa shape index (κ1) is 20.9. The molecular formula is C21H31ClN4O2. The van der Waals surface area contributed by atoms with E-state index >= 15 is 0 Å². The number of nitrogens with zero attached hydrogens (tertiary/aromatic N) is 2. The molecule has 1 aromatic rings. The van der Waals surface area contributed by atoms with Gasteiger partial charge in [-0.05, 0) is 62.1 Å².